The van der Waals surface area contributed by atoms with E-state index < -0.39 is 0 Å². The molecule has 0 aliphatic heterocycles. The van der Waals surface area contributed by atoms with Crippen LogP contribution in [0.25, 0.3) is 0 Å². The molecule has 0 bridgehead atoms. The number of nitrogens with zero attached hydrogens (tertiary/aromatic N) is 1. The minimum Gasteiger partial charge on any atom is -0.324 e. The molecule has 0 aromatic carbocycles. The second kappa shape index (κ2) is 50.3. The molecular formula is C56H116N+. The van der Waals surface area contributed by atoms with E-state index in [-0.39, 0.29) is 0 Å². The van der Waals surface area contributed by atoms with Gasteiger partial charge in [0, 0.05) is 0 Å². The van der Waals surface area contributed by atoms with Gasteiger partial charge in [0.25, 0.3) is 0 Å². The minimum atomic E-state index is 1.37. The number of unbranched alkanes of at least 4 members (excludes halogenated alkanes) is 44. The molecule has 57 heavy (non-hydrogen) atoms. The van der Waals surface area contributed by atoms with E-state index in [9.17, 15) is 0 Å². The van der Waals surface area contributed by atoms with Gasteiger partial charge < -0.3 is 4.48 Å². The largest absolute Gasteiger partial charge is 0.324 e. The first-order valence-corrected chi connectivity index (χ1v) is 28.1. The van der Waals surface area contributed by atoms with Crippen molar-refractivity contribution in [2.75, 3.05) is 26.2 Å². The zero-order chi connectivity index (χ0) is 41.3. The van der Waals surface area contributed by atoms with Crippen LogP contribution in [0.5, 0.6) is 0 Å². The Bertz CT molecular complexity index is 627. The van der Waals surface area contributed by atoms with Gasteiger partial charge >= 0.3 is 0 Å². The molecule has 0 atom stereocenters. The zero-order valence-corrected chi connectivity index (χ0v) is 41.2. The van der Waals surface area contributed by atoms with Crippen molar-refractivity contribution in [3.8, 4) is 0 Å². The van der Waals surface area contributed by atoms with Crippen LogP contribution < -0.4 is 0 Å². The molecule has 344 valence electrons. The summed E-state index contributed by atoms with van der Waals surface area (Å²) in [6.45, 7) is 15.3. The van der Waals surface area contributed by atoms with Crippen LogP contribution in [0.2, 0.25) is 0 Å². The molecule has 1 nitrogen and oxygen atoms in total. The molecular weight excluding hydrogens is 687 g/mol. The quantitative estimate of drug-likeness (QED) is 0.0424. The SMILES string of the molecule is CCCCCCCCCCCCCCCCCC[N+](CCCCCCCCCC)(CCCCCCCCCC)CCCCCCCCCCCCCCCCCC. The maximum Gasteiger partial charge on any atom is 0.0786 e. The predicted molar refractivity (Wildman–Crippen MR) is 264 cm³/mol. The molecule has 0 saturated heterocycles. The van der Waals surface area contributed by atoms with Gasteiger partial charge in [-0.1, -0.05) is 285 Å². The van der Waals surface area contributed by atoms with Gasteiger partial charge in [0.2, 0.25) is 0 Å². The molecule has 1 heteroatoms. The summed E-state index contributed by atoms with van der Waals surface area (Å²) in [6, 6.07) is 0. The second-order valence-corrected chi connectivity index (χ2v) is 19.8. The number of rotatable bonds is 52. The Labute approximate surface area is 365 Å². The highest BCUT2D eigenvalue weighted by Crippen LogP contribution is 2.22. The fraction of sp³-hybridized carbons (Fsp3) is 1.00. The minimum absolute atomic E-state index is 1.37. The van der Waals surface area contributed by atoms with Crippen LogP contribution in [0.15, 0.2) is 0 Å². The van der Waals surface area contributed by atoms with Crippen LogP contribution in [-0.4, -0.2) is 30.7 Å². The topological polar surface area (TPSA) is 0 Å². The molecule has 0 aromatic heterocycles. The first kappa shape index (κ1) is 57.0. The molecule has 0 amide bonds. The molecule has 0 saturated carbocycles. The number of hydrogen-bond acceptors (Lipinski definition) is 0. The van der Waals surface area contributed by atoms with Crippen molar-refractivity contribution in [1.82, 2.24) is 0 Å². The van der Waals surface area contributed by atoms with Crippen molar-refractivity contribution in [1.29, 1.82) is 0 Å². The first-order chi connectivity index (χ1) is 28.2. The molecule has 0 unspecified atom stereocenters. The lowest BCUT2D eigenvalue weighted by Crippen LogP contribution is -2.50. The molecule has 0 N–H and O–H groups in total. The summed E-state index contributed by atoms with van der Waals surface area (Å²) >= 11 is 0. The monoisotopic (exact) mass is 803 g/mol. The van der Waals surface area contributed by atoms with Gasteiger partial charge in [0.1, 0.15) is 0 Å². The van der Waals surface area contributed by atoms with Gasteiger partial charge in [-0.3, -0.25) is 0 Å². The van der Waals surface area contributed by atoms with Crippen molar-refractivity contribution < 1.29 is 4.48 Å². The Morgan fingerprint density at radius 1 is 0.140 bits per heavy atom. The maximum absolute atomic E-state index is 2.35. The summed E-state index contributed by atoms with van der Waals surface area (Å²) in [5.74, 6) is 0. The van der Waals surface area contributed by atoms with E-state index in [4.69, 9.17) is 0 Å². The van der Waals surface area contributed by atoms with E-state index in [0.29, 0.717) is 0 Å². The van der Waals surface area contributed by atoms with Crippen molar-refractivity contribution in [2.45, 2.75) is 336 Å². The van der Waals surface area contributed by atoms with Crippen molar-refractivity contribution in [3.05, 3.63) is 0 Å². The van der Waals surface area contributed by atoms with Crippen LogP contribution in [0.1, 0.15) is 336 Å². The van der Waals surface area contributed by atoms with Crippen LogP contribution in [-0.2, 0) is 0 Å². The smallest absolute Gasteiger partial charge is 0.0786 e. The fourth-order valence-corrected chi connectivity index (χ4v) is 9.82. The van der Waals surface area contributed by atoms with E-state index in [1.807, 2.05) is 0 Å². The Kier molecular flexibility index (Phi) is 50.3. The van der Waals surface area contributed by atoms with Crippen LogP contribution in [0, 0.1) is 0 Å². The third-order valence-electron chi connectivity index (χ3n) is 13.9. The number of hydrogen-bond donors (Lipinski definition) is 0. The van der Waals surface area contributed by atoms with Crippen molar-refractivity contribution >= 4 is 0 Å². The summed E-state index contributed by atoms with van der Waals surface area (Å²) in [5.41, 5.74) is 0. The summed E-state index contributed by atoms with van der Waals surface area (Å²) in [5, 5.41) is 0. The van der Waals surface area contributed by atoms with Crippen LogP contribution in [0.3, 0.4) is 0 Å². The lowest BCUT2D eigenvalue weighted by Gasteiger charge is -2.40. The summed E-state index contributed by atoms with van der Waals surface area (Å²) < 4.78 is 1.49. The third kappa shape index (κ3) is 45.3. The molecule has 0 radical (unpaired) electrons. The normalized spacial score (nSPS) is 12.0. The van der Waals surface area contributed by atoms with Crippen molar-refractivity contribution in [3.63, 3.8) is 0 Å². The number of quaternary nitrogens is 1. The van der Waals surface area contributed by atoms with E-state index in [2.05, 4.69) is 27.7 Å². The van der Waals surface area contributed by atoms with E-state index >= 15 is 0 Å². The zero-order valence-electron chi connectivity index (χ0n) is 41.2. The van der Waals surface area contributed by atoms with Gasteiger partial charge in [0.05, 0.1) is 26.2 Å². The Balaban J connectivity index is 4.68. The molecule has 0 heterocycles. The van der Waals surface area contributed by atoms with Crippen LogP contribution in [0.4, 0.5) is 0 Å². The van der Waals surface area contributed by atoms with Gasteiger partial charge in [-0.05, 0) is 51.4 Å². The molecule has 0 aliphatic rings. The summed E-state index contributed by atoms with van der Waals surface area (Å²) in [7, 11) is 0. The summed E-state index contributed by atoms with van der Waals surface area (Å²) in [6.07, 6.45) is 70.7. The molecule has 0 aliphatic carbocycles. The maximum atomic E-state index is 2.35. The summed E-state index contributed by atoms with van der Waals surface area (Å²) in [4.78, 5) is 0. The lowest BCUT2D eigenvalue weighted by molar-refractivity contribution is -0.929. The average molecular weight is 804 g/mol. The standard InChI is InChI=1S/C56H116N/c1-5-9-13-17-21-25-27-29-31-33-35-37-39-43-47-51-55-57(53-49-45-41-23-19-15-11-7-3,54-50-46-42-24-20-16-12-8-4)56-52-48-44-40-38-36-34-32-30-28-26-22-18-14-10-6-2/h5-56H2,1-4H3/q+1. The van der Waals surface area contributed by atoms with Gasteiger partial charge in [-0.25, -0.2) is 0 Å². The third-order valence-corrected chi connectivity index (χ3v) is 13.9. The van der Waals surface area contributed by atoms with E-state index in [1.54, 1.807) is 0 Å². The van der Waals surface area contributed by atoms with Crippen molar-refractivity contribution in [2.24, 2.45) is 0 Å². The Morgan fingerprint density at radius 3 is 0.368 bits per heavy atom. The molecule has 0 rings (SSSR count). The van der Waals surface area contributed by atoms with Gasteiger partial charge in [0.15, 0.2) is 0 Å². The van der Waals surface area contributed by atoms with Crippen LogP contribution >= 0.6 is 0 Å². The second-order valence-electron chi connectivity index (χ2n) is 19.8. The van der Waals surface area contributed by atoms with Gasteiger partial charge in [-0.15, -0.1) is 0 Å². The molecule has 0 fully saturated rings. The Hall–Kier alpha value is -0.0400. The highest BCUT2D eigenvalue weighted by molar-refractivity contribution is 4.57. The first-order valence-electron chi connectivity index (χ1n) is 28.1. The van der Waals surface area contributed by atoms with E-state index in [0.717, 1.165) is 0 Å². The molecule has 0 aromatic rings. The fourth-order valence-electron chi connectivity index (χ4n) is 9.82. The lowest BCUT2D eigenvalue weighted by atomic mass is 10.0. The van der Waals surface area contributed by atoms with Gasteiger partial charge in [-0.2, -0.15) is 0 Å². The average Bonchev–Trinajstić information content (AvgIpc) is 3.22. The highest BCUT2D eigenvalue weighted by atomic mass is 15.3. The predicted octanol–water partition coefficient (Wildman–Crippen LogP) is 20.6. The highest BCUT2D eigenvalue weighted by Gasteiger charge is 2.25. The van der Waals surface area contributed by atoms with E-state index in [1.165, 1.54) is 339 Å². The Morgan fingerprint density at radius 2 is 0.246 bits per heavy atom. The molecule has 0 spiro atoms.